The van der Waals surface area contributed by atoms with Gasteiger partial charge < -0.3 is 10.2 Å². The highest BCUT2D eigenvalue weighted by atomic mass is 15.3. The maximum Gasteiger partial charge on any atom is 0.147 e. The minimum Gasteiger partial charge on any atom is -0.350 e. The number of anilines is 1. The summed E-state index contributed by atoms with van der Waals surface area (Å²) in [6.45, 7) is 11.7. The van der Waals surface area contributed by atoms with Gasteiger partial charge in [0.05, 0.1) is 5.56 Å². The quantitative estimate of drug-likeness (QED) is 0.848. The van der Waals surface area contributed by atoms with Gasteiger partial charge in [-0.2, -0.15) is 5.26 Å². The summed E-state index contributed by atoms with van der Waals surface area (Å²) in [5, 5.41) is 13.0. The van der Waals surface area contributed by atoms with Crippen molar-refractivity contribution in [3.63, 3.8) is 0 Å². The number of pyridine rings is 1. The van der Waals surface area contributed by atoms with Crippen LogP contribution in [0.4, 0.5) is 5.82 Å². The van der Waals surface area contributed by atoms with Gasteiger partial charge in [0.1, 0.15) is 11.9 Å². The average molecular weight is 270 g/mol. The van der Waals surface area contributed by atoms with E-state index in [0.29, 0.717) is 11.8 Å². The molecule has 1 aromatic heterocycles. The molecule has 2 fully saturated rings. The van der Waals surface area contributed by atoms with Gasteiger partial charge in [0.25, 0.3) is 0 Å². The summed E-state index contributed by atoms with van der Waals surface area (Å²) in [5.74, 6) is 2.18. The van der Waals surface area contributed by atoms with E-state index in [4.69, 9.17) is 4.98 Å². The molecule has 2 unspecified atom stereocenters. The van der Waals surface area contributed by atoms with Crippen LogP contribution in [0.2, 0.25) is 0 Å². The van der Waals surface area contributed by atoms with E-state index >= 15 is 0 Å². The molecular weight excluding hydrogens is 248 g/mol. The Morgan fingerprint density at radius 1 is 1.40 bits per heavy atom. The number of fused-ring (bicyclic) bond motifs is 1. The molecule has 2 saturated heterocycles. The number of hydrogen-bond donors (Lipinski definition) is 1. The van der Waals surface area contributed by atoms with E-state index in [1.165, 1.54) is 0 Å². The molecule has 3 rings (SSSR count). The molecule has 3 heterocycles. The van der Waals surface area contributed by atoms with E-state index in [1.54, 1.807) is 0 Å². The summed E-state index contributed by atoms with van der Waals surface area (Å²) >= 11 is 0. The molecule has 2 atom stereocenters. The van der Waals surface area contributed by atoms with Crippen LogP contribution in [-0.2, 0) is 0 Å². The van der Waals surface area contributed by atoms with Crippen LogP contribution >= 0.6 is 0 Å². The number of hydrogen-bond acceptors (Lipinski definition) is 4. The van der Waals surface area contributed by atoms with Crippen LogP contribution in [0, 0.1) is 37.0 Å². The Bertz CT molecular complexity index is 585. The van der Waals surface area contributed by atoms with Crippen molar-refractivity contribution in [2.75, 3.05) is 24.5 Å². The number of nitriles is 1. The zero-order valence-corrected chi connectivity index (χ0v) is 12.7. The highest BCUT2D eigenvalue weighted by molar-refractivity contribution is 5.60. The maximum atomic E-state index is 9.49. The SMILES string of the molecule is Cc1cc(C)c(C#N)c(N2CC3CNCC3C2(C)C)n1. The molecule has 20 heavy (non-hydrogen) atoms. The first-order valence-electron chi connectivity index (χ1n) is 7.32. The van der Waals surface area contributed by atoms with Crippen molar-refractivity contribution >= 4 is 5.82 Å². The van der Waals surface area contributed by atoms with Crippen LogP contribution in [0.5, 0.6) is 0 Å². The van der Waals surface area contributed by atoms with Crippen LogP contribution in [-0.4, -0.2) is 30.2 Å². The Kier molecular flexibility index (Phi) is 2.98. The van der Waals surface area contributed by atoms with Gasteiger partial charge in [-0.3, -0.25) is 0 Å². The Morgan fingerprint density at radius 3 is 2.80 bits per heavy atom. The van der Waals surface area contributed by atoms with Gasteiger partial charge in [-0.15, -0.1) is 0 Å². The molecule has 0 saturated carbocycles. The van der Waals surface area contributed by atoms with Crippen molar-refractivity contribution in [2.24, 2.45) is 11.8 Å². The Labute approximate surface area is 120 Å². The molecule has 0 aliphatic carbocycles. The van der Waals surface area contributed by atoms with E-state index in [1.807, 2.05) is 19.9 Å². The molecule has 4 heteroatoms. The van der Waals surface area contributed by atoms with Gasteiger partial charge in [0, 0.05) is 30.9 Å². The third-order valence-corrected chi connectivity index (χ3v) is 5.05. The molecule has 1 N–H and O–H groups in total. The lowest BCUT2D eigenvalue weighted by Gasteiger charge is -2.37. The first-order chi connectivity index (χ1) is 9.45. The van der Waals surface area contributed by atoms with E-state index < -0.39 is 0 Å². The summed E-state index contributed by atoms with van der Waals surface area (Å²) in [4.78, 5) is 7.06. The number of aromatic nitrogens is 1. The highest BCUT2D eigenvalue weighted by Crippen LogP contribution is 2.43. The predicted octanol–water partition coefficient (Wildman–Crippen LogP) is 2.00. The summed E-state index contributed by atoms with van der Waals surface area (Å²) in [7, 11) is 0. The lowest BCUT2D eigenvalue weighted by molar-refractivity contribution is 0.356. The summed E-state index contributed by atoms with van der Waals surface area (Å²) in [5.41, 5.74) is 2.80. The van der Waals surface area contributed by atoms with Crippen molar-refractivity contribution in [1.29, 1.82) is 5.26 Å². The first kappa shape index (κ1) is 13.4. The topological polar surface area (TPSA) is 52.0 Å². The van der Waals surface area contributed by atoms with E-state index in [-0.39, 0.29) is 5.54 Å². The average Bonchev–Trinajstić information content (AvgIpc) is 2.91. The van der Waals surface area contributed by atoms with Crippen molar-refractivity contribution in [1.82, 2.24) is 10.3 Å². The molecule has 2 aliphatic rings. The third kappa shape index (κ3) is 1.81. The minimum absolute atomic E-state index is 0.0486. The molecule has 0 radical (unpaired) electrons. The molecule has 1 aromatic rings. The fourth-order valence-corrected chi connectivity index (χ4v) is 3.93. The predicted molar refractivity (Wildman–Crippen MR) is 79.7 cm³/mol. The second-order valence-corrected chi connectivity index (χ2v) is 6.68. The van der Waals surface area contributed by atoms with Gasteiger partial charge in [0.2, 0.25) is 0 Å². The van der Waals surface area contributed by atoms with E-state index in [9.17, 15) is 5.26 Å². The number of nitrogens with one attached hydrogen (secondary N) is 1. The van der Waals surface area contributed by atoms with Crippen molar-refractivity contribution < 1.29 is 0 Å². The fraction of sp³-hybridized carbons (Fsp3) is 0.625. The van der Waals surface area contributed by atoms with Crippen LogP contribution < -0.4 is 10.2 Å². The lowest BCUT2D eigenvalue weighted by atomic mass is 9.85. The molecule has 4 nitrogen and oxygen atoms in total. The highest BCUT2D eigenvalue weighted by Gasteiger charge is 2.50. The molecule has 0 aromatic carbocycles. The normalized spacial score (nSPS) is 27.4. The number of rotatable bonds is 1. The standard InChI is InChI=1S/C16H22N4/c1-10-5-11(2)19-15(13(10)6-17)20-9-12-7-18-8-14(12)16(20,3)4/h5,12,14,18H,7-9H2,1-4H3. The van der Waals surface area contributed by atoms with E-state index in [2.05, 4.69) is 30.1 Å². The Morgan fingerprint density at radius 2 is 2.15 bits per heavy atom. The molecule has 2 aliphatic heterocycles. The first-order valence-corrected chi connectivity index (χ1v) is 7.32. The van der Waals surface area contributed by atoms with Crippen LogP contribution in [0.15, 0.2) is 6.07 Å². The van der Waals surface area contributed by atoms with Crippen LogP contribution in [0.1, 0.15) is 30.7 Å². The largest absolute Gasteiger partial charge is 0.350 e. The molecule has 0 bridgehead atoms. The summed E-state index contributed by atoms with van der Waals surface area (Å²) in [6, 6.07) is 4.35. The van der Waals surface area contributed by atoms with Gasteiger partial charge in [0.15, 0.2) is 0 Å². The smallest absolute Gasteiger partial charge is 0.147 e. The van der Waals surface area contributed by atoms with Gasteiger partial charge in [-0.25, -0.2) is 4.98 Å². The monoisotopic (exact) mass is 270 g/mol. The third-order valence-electron chi connectivity index (χ3n) is 5.05. The summed E-state index contributed by atoms with van der Waals surface area (Å²) < 4.78 is 0. The van der Waals surface area contributed by atoms with Gasteiger partial charge in [-0.05, 0) is 51.2 Å². The minimum atomic E-state index is 0.0486. The Hall–Kier alpha value is -1.60. The lowest BCUT2D eigenvalue weighted by Crippen LogP contribution is -2.45. The van der Waals surface area contributed by atoms with Gasteiger partial charge in [-0.1, -0.05) is 0 Å². The molecule has 0 amide bonds. The van der Waals surface area contributed by atoms with Crippen molar-refractivity contribution in [3.8, 4) is 6.07 Å². The molecule has 106 valence electrons. The zero-order valence-electron chi connectivity index (χ0n) is 12.7. The Balaban J connectivity index is 2.08. The van der Waals surface area contributed by atoms with Crippen LogP contribution in [0.3, 0.4) is 0 Å². The molecule has 0 spiro atoms. The maximum absolute atomic E-state index is 9.49. The van der Waals surface area contributed by atoms with E-state index in [0.717, 1.165) is 42.3 Å². The van der Waals surface area contributed by atoms with Crippen LogP contribution in [0.25, 0.3) is 0 Å². The zero-order chi connectivity index (χ0) is 14.5. The van der Waals surface area contributed by atoms with Gasteiger partial charge >= 0.3 is 0 Å². The molecular formula is C16H22N4. The number of aryl methyl sites for hydroxylation is 2. The second kappa shape index (κ2) is 4.46. The van der Waals surface area contributed by atoms with Crippen molar-refractivity contribution in [2.45, 2.75) is 33.2 Å². The van der Waals surface area contributed by atoms with Crippen molar-refractivity contribution in [3.05, 3.63) is 22.9 Å². The fourth-order valence-electron chi connectivity index (χ4n) is 3.93. The summed E-state index contributed by atoms with van der Waals surface area (Å²) in [6.07, 6.45) is 0. The number of nitrogens with zero attached hydrogens (tertiary/aromatic N) is 3. The second-order valence-electron chi connectivity index (χ2n) is 6.68.